The van der Waals surface area contributed by atoms with E-state index in [9.17, 15) is 17.2 Å². The van der Waals surface area contributed by atoms with Crippen molar-refractivity contribution in [2.45, 2.75) is 23.8 Å². The summed E-state index contributed by atoms with van der Waals surface area (Å²) in [5.74, 6) is -1.48. The molecule has 0 bridgehead atoms. The van der Waals surface area contributed by atoms with E-state index in [0.29, 0.717) is 12.8 Å². The number of para-hydroxylation sites is 1. The van der Waals surface area contributed by atoms with Gasteiger partial charge in [-0.15, -0.1) is 0 Å². The first-order valence-corrected chi connectivity index (χ1v) is 9.08. The third kappa shape index (κ3) is 3.57. The summed E-state index contributed by atoms with van der Waals surface area (Å²) in [6.45, 7) is 0.553. The number of sulfonamides is 1. The molecule has 0 spiro atoms. The molecule has 1 aliphatic heterocycles. The van der Waals surface area contributed by atoms with Gasteiger partial charge in [0, 0.05) is 13.1 Å². The van der Waals surface area contributed by atoms with Crippen LogP contribution in [0.5, 0.6) is 5.75 Å². The summed E-state index contributed by atoms with van der Waals surface area (Å²) < 4.78 is 58.4. The van der Waals surface area contributed by atoms with Crippen LogP contribution in [0, 0.1) is 11.6 Å². The number of hydrogen-bond donors (Lipinski definition) is 0. The fraction of sp³-hybridized carbons (Fsp3) is 0.294. The van der Waals surface area contributed by atoms with Gasteiger partial charge < -0.3 is 4.74 Å². The van der Waals surface area contributed by atoms with E-state index in [1.54, 1.807) is 0 Å². The third-order valence-corrected chi connectivity index (χ3v) is 5.87. The zero-order valence-electron chi connectivity index (χ0n) is 12.9. The van der Waals surface area contributed by atoms with Crippen molar-refractivity contribution < 1.29 is 21.9 Å². The van der Waals surface area contributed by atoms with Gasteiger partial charge in [-0.2, -0.15) is 4.31 Å². The maximum atomic E-state index is 13.3. The van der Waals surface area contributed by atoms with E-state index in [2.05, 4.69) is 0 Å². The summed E-state index contributed by atoms with van der Waals surface area (Å²) in [4.78, 5) is -0.233. The summed E-state index contributed by atoms with van der Waals surface area (Å²) in [5, 5.41) is 0. The van der Waals surface area contributed by atoms with Gasteiger partial charge in [0.2, 0.25) is 10.0 Å². The van der Waals surface area contributed by atoms with E-state index in [0.717, 1.165) is 23.9 Å². The zero-order chi connectivity index (χ0) is 17.2. The summed E-state index contributed by atoms with van der Waals surface area (Å²) in [7, 11) is -3.83. The Bertz CT molecular complexity index is 804. The maximum Gasteiger partial charge on any atom is 0.243 e. The summed E-state index contributed by atoms with van der Waals surface area (Å²) in [5.41, 5.74) is 0. The van der Waals surface area contributed by atoms with Crippen molar-refractivity contribution in [1.29, 1.82) is 0 Å². The Hall–Kier alpha value is -1.99. The Kier molecular flexibility index (Phi) is 4.82. The van der Waals surface area contributed by atoms with E-state index < -0.39 is 21.7 Å². The van der Waals surface area contributed by atoms with Crippen molar-refractivity contribution in [3.63, 3.8) is 0 Å². The molecule has 2 aromatic carbocycles. The highest BCUT2D eigenvalue weighted by atomic mass is 32.2. The topological polar surface area (TPSA) is 46.6 Å². The van der Waals surface area contributed by atoms with Crippen LogP contribution in [-0.2, 0) is 10.0 Å². The molecular formula is C17H17F2NO3S. The summed E-state index contributed by atoms with van der Waals surface area (Å²) in [6, 6.07) is 12.0. The van der Waals surface area contributed by atoms with Crippen molar-refractivity contribution in [3.05, 3.63) is 60.2 Å². The first-order valence-electron chi connectivity index (χ1n) is 7.64. The average molecular weight is 353 g/mol. The first kappa shape index (κ1) is 16.9. The van der Waals surface area contributed by atoms with Crippen LogP contribution in [0.25, 0.3) is 0 Å². The highest BCUT2D eigenvalue weighted by Gasteiger charge is 2.30. The molecule has 0 radical (unpaired) electrons. The molecule has 7 heteroatoms. The summed E-state index contributed by atoms with van der Waals surface area (Å²) >= 11 is 0. The molecule has 0 saturated carbocycles. The number of piperidine rings is 1. The molecule has 2 aromatic rings. The van der Waals surface area contributed by atoms with Crippen LogP contribution < -0.4 is 4.74 Å². The Labute approximate surface area is 139 Å². The van der Waals surface area contributed by atoms with Gasteiger partial charge in [-0.25, -0.2) is 17.2 Å². The van der Waals surface area contributed by atoms with Crippen LogP contribution in [0.4, 0.5) is 8.78 Å². The van der Waals surface area contributed by atoms with Gasteiger partial charge in [-0.05, 0) is 43.2 Å². The van der Waals surface area contributed by atoms with Gasteiger partial charge in [-0.1, -0.05) is 18.2 Å². The van der Waals surface area contributed by atoms with Gasteiger partial charge in [0.1, 0.15) is 11.9 Å². The minimum Gasteiger partial charge on any atom is -0.490 e. The Balaban J connectivity index is 1.66. The van der Waals surface area contributed by atoms with Crippen LogP contribution >= 0.6 is 0 Å². The smallest absolute Gasteiger partial charge is 0.243 e. The largest absolute Gasteiger partial charge is 0.490 e. The molecule has 1 saturated heterocycles. The van der Waals surface area contributed by atoms with Crippen LogP contribution in [0.15, 0.2) is 53.4 Å². The van der Waals surface area contributed by atoms with Gasteiger partial charge in [0.05, 0.1) is 4.90 Å². The van der Waals surface area contributed by atoms with Gasteiger partial charge in [0.15, 0.2) is 11.6 Å². The minimum atomic E-state index is -3.83. The van der Waals surface area contributed by atoms with Crippen LogP contribution in [-0.4, -0.2) is 31.9 Å². The van der Waals surface area contributed by atoms with E-state index >= 15 is 0 Å². The number of nitrogens with zero attached hydrogens (tertiary/aromatic N) is 1. The highest BCUT2D eigenvalue weighted by molar-refractivity contribution is 7.89. The number of hydrogen-bond acceptors (Lipinski definition) is 3. The molecule has 24 heavy (non-hydrogen) atoms. The Morgan fingerprint density at radius 1 is 0.958 bits per heavy atom. The Morgan fingerprint density at radius 3 is 2.25 bits per heavy atom. The number of ether oxygens (including phenoxy) is 1. The fourth-order valence-electron chi connectivity index (χ4n) is 2.67. The van der Waals surface area contributed by atoms with Crippen LogP contribution in [0.2, 0.25) is 0 Å². The Morgan fingerprint density at radius 2 is 1.62 bits per heavy atom. The molecule has 4 nitrogen and oxygen atoms in total. The molecule has 0 amide bonds. The second-order valence-corrected chi connectivity index (χ2v) is 7.55. The van der Waals surface area contributed by atoms with E-state index in [-0.39, 0.29) is 24.1 Å². The lowest BCUT2D eigenvalue weighted by atomic mass is 10.1. The number of rotatable bonds is 4. The average Bonchev–Trinajstić information content (AvgIpc) is 2.58. The SMILES string of the molecule is O=S(=O)(c1ccc(F)c(F)c1)N1CCC(Oc2ccccc2)CC1. The normalized spacial score (nSPS) is 16.9. The van der Waals surface area contributed by atoms with Crippen LogP contribution in [0.3, 0.4) is 0 Å². The van der Waals surface area contributed by atoms with Gasteiger partial charge >= 0.3 is 0 Å². The molecule has 0 aromatic heterocycles. The van der Waals surface area contributed by atoms with E-state index in [1.165, 1.54) is 4.31 Å². The minimum absolute atomic E-state index is 0.0659. The molecule has 0 aliphatic carbocycles. The lowest BCUT2D eigenvalue weighted by Gasteiger charge is -2.31. The zero-order valence-corrected chi connectivity index (χ0v) is 13.7. The second kappa shape index (κ2) is 6.86. The number of halogens is 2. The van der Waals surface area contributed by atoms with Crippen molar-refractivity contribution in [2.75, 3.05) is 13.1 Å². The molecule has 1 fully saturated rings. The van der Waals surface area contributed by atoms with E-state index in [4.69, 9.17) is 4.74 Å². The molecule has 0 atom stereocenters. The standard InChI is InChI=1S/C17H17F2NO3S/c18-16-7-6-15(12-17(16)19)24(21,22)20-10-8-14(9-11-20)23-13-4-2-1-3-5-13/h1-7,12,14H,8-11H2. The summed E-state index contributed by atoms with van der Waals surface area (Å²) in [6.07, 6.45) is 1.01. The molecule has 128 valence electrons. The lowest BCUT2D eigenvalue weighted by Crippen LogP contribution is -2.41. The second-order valence-electron chi connectivity index (χ2n) is 5.61. The quantitative estimate of drug-likeness (QED) is 0.848. The predicted octanol–water partition coefficient (Wildman–Crippen LogP) is 3.20. The monoisotopic (exact) mass is 353 g/mol. The van der Waals surface area contributed by atoms with Crippen molar-refractivity contribution >= 4 is 10.0 Å². The maximum absolute atomic E-state index is 13.3. The third-order valence-electron chi connectivity index (χ3n) is 3.98. The van der Waals surface area contributed by atoms with E-state index in [1.807, 2.05) is 30.3 Å². The first-order chi connectivity index (χ1) is 11.5. The molecule has 1 aliphatic rings. The van der Waals surface area contributed by atoms with Crippen molar-refractivity contribution in [3.8, 4) is 5.75 Å². The highest BCUT2D eigenvalue weighted by Crippen LogP contribution is 2.24. The predicted molar refractivity (Wildman–Crippen MR) is 85.2 cm³/mol. The molecular weight excluding hydrogens is 336 g/mol. The van der Waals surface area contributed by atoms with Gasteiger partial charge in [0.25, 0.3) is 0 Å². The molecule has 1 heterocycles. The van der Waals surface area contributed by atoms with Gasteiger partial charge in [-0.3, -0.25) is 0 Å². The van der Waals surface area contributed by atoms with Crippen molar-refractivity contribution in [2.24, 2.45) is 0 Å². The lowest BCUT2D eigenvalue weighted by molar-refractivity contribution is 0.135. The molecule has 3 rings (SSSR count). The van der Waals surface area contributed by atoms with Crippen molar-refractivity contribution in [1.82, 2.24) is 4.31 Å². The molecule has 0 N–H and O–H groups in total. The van der Waals surface area contributed by atoms with Crippen LogP contribution in [0.1, 0.15) is 12.8 Å². The fourth-order valence-corrected chi connectivity index (χ4v) is 4.15. The number of benzene rings is 2. The molecule has 0 unspecified atom stereocenters.